The summed E-state index contributed by atoms with van der Waals surface area (Å²) in [7, 11) is 0. The molecule has 0 saturated carbocycles. The van der Waals surface area contributed by atoms with Gasteiger partial charge in [-0.1, -0.05) is 0 Å². The highest BCUT2D eigenvalue weighted by Crippen LogP contribution is 2.30. The van der Waals surface area contributed by atoms with Gasteiger partial charge in [-0.05, 0) is 38.1 Å². The topological polar surface area (TPSA) is 63.8 Å². The number of aromatic amines is 2. The summed E-state index contributed by atoms with van der Waals surface area (Å²) in [5.41, 5.74) is 3.47. The van der Waals surface area contributed by atoms with E-state index in [1.54, 1.807) is 0 Å². The number of pyridine rings is 1. The number of alkyl halides is 3. The Balaban J connectivity index is 1.42. The zero-order valence-corrected chi connectivity index (χ0v) is 16.3. The van der Waals surface area contributed by atoms with Crippen LogP contribution in [0.2, 0.25) is 0 Å². The van der Waals surface area contributed by atoms with Crippen molar-refractivity contribution in [1.82, 2.24) is 25.1 Å². The van der Waals surface area contributed by atoms with Crippen LogP contribution in [0.1, 0.15) is 23.7 Å². The number of nitrogens with one attached hydrogen (secondary N) is 2. The van der Waals surface area contributed by atoms with Crippen molar-refractivity contribution in [3.63, 3.8) is 0 Å². The van der Waals surface area contributed by atoms with E-state index in [9.17, 15) is 13.2 Å². The van der Waals surface area contributed by atoms with E-state index in [0.717, 1.165) is 54.5 Å². The minimum Gasteiger partial charge on any atom is -0.357 e. The van der Waals surface area contributed by atoms with Gasteiger partial charge in [0.2, 0.25) is 0 Å². The number of hydrogen-bond acceptors (Lipinski definition) is 4. The molecule has 3 aromatic heterocycles. The van der Waals surface area contributed by atoms with Crippen molar-refractivity contribution in [2.75, 3.05) is 24.5 Å². The first-order valence-electron chi connectivity index (χ1n) is 9.52. The SMILES string of the molecule is Cc1ccc(-c2[nH]ncc2CN2CCN(c3ccc(C(F)(F)F)cn3)[C@H](C)C2)[nH]1. The Hall–Kier alpha value is -2.81. The number of aromatic nitrogens is 4. The molecule has 29 heavy (non-hydrogen) atoms. The van der Waals surface area contributed by atoms with Crippen LogP contribution in [0.15, 0.2) is 36.7 Å². The maximum atomic E-state index is 12.8. The monoisotopic (exact) mass is 404 g/mol. The Morgan fingerprint density at radius 3 is 2.59 bits per heavy atom. The quantitative estimate of drug-likeness (QED) is 0.694. The normalized spacial score (nSPS) is 18.4. The van der Waals surface area contributed by atoms with Gasteiger partial charge in [0.05, 0.1) is 23.1 Å². The molecule has 0 spiro atoms. The Morgan fingerprint density at radius 2 is 1.97 bits per heavy atom. The van der Waals surface area contributed by atoms with E-state index < -0.39 is 11.7 Å². The van der Waals surface area contributed by atoms with Crippen LogP contribution in [-0.2, 0) is 12.7 Å². The third kappa shape index (κ3) is 4.14. The van der Waals surface area contributed by atoms with Crippen molar-refractivity contribution in [2.24, 2.45) is 0 Å². The number of aryl methyl sites for hydroxylation is 1. The second-order valence-electron chi connectivity index (χ2n) is 7.51. The van der Waals surface area contributed by atoms with Gasteiger partial charge in [-0.2, -0.15) is 18.3 Å². The highest BCUT2D eigenvalue weighted by molar-refractivity contribution is 5.59. The minimum absolute atomic E-state index is 0.135. The Kier molecular flexibility index (Phi) is 5.08. The summed E-state index contributed by atoms with van der Waals surface area (Å²) in [6, 6.07) is 6.74. The van der Waals surface area contributed by atoms with Gasteiger partial charge in [-0.25, -0.2) is 4.98 Å². The third-order valence-corrected chi connectivity index (χ3v) is 5.29. The fraction of sp³-hybridized carbons (Fsp3) is 0.400. The number of H-pyrrole nitrogens is 2. The van der Waals surface area contributed by atoms with Crippen molar-refractivity contribution in [1.29, 1.82) is 0 Å². The average molecular weight is 404 g/mol. The minimum atomic E-state index is -4.37. The van der Waals surface area contributed by atoms with Crippen LogP contribution in [0.25, 0.3) is 11.4 Å². The first-order chi connectivity index (χ1) is 13.8. The van der Waals surface area contributed by atoms with Crippen LogP contribution >= 0.6 is 0 Å². The summed E-state index contributed by atoms with van der Waals surface area (Å²) in [4.78, 5) is 11.8. The van der Waals surface area contributed by atoms with Crippen LogP contribution < -0.4 is 4.90 Å². The molecule has 1 atom stereocenters. The summed E-state index contributed by atoms with van der Waals surface area (Å²) in [6.07, 6.45) is -1.61. The number of nitrogens with zero attached hydrogens (tertiary/aromatic N) is 4. The van der Waals surface area contributed by atoms with E-state index in [-0.39, 0.29) is 6.04 Å². The molecule has 1 aliphatic rings. The number of hydrogen-bond donors (Lipinski definition) is 2. The van der Waals surface area contributed by atoms with Crippen LogP contribution in [0.5, 0.6) is 0 Å². The van der Waals surface area contributed by atoms with E-state index in [1.165, 1.54) is 6.07 Å². The van der Waals surface area contributed by atoms with Crippen LogP contribution in [0.3, 0.4) is 0 Å². The number of anilines is 1. The molecule has 0 unspecified atom stereocenters. The van der Waals surface area contributed by atoms with Crippen molar-refractivity contribution >= 4 is 5.82 Å². The molecule has 0 bridgehead atoms. The van der Waals surface area contributed by atoms with Gasteiger partial charge < -0.3 is 9.88 Å². The molecule has 2 N–H and O–H groups in total. The molecule has 3 aromatic rings. The number of piperazine rings is 1. The van der Waals surface area contributed by atoms with Crippen LogP contribution in [0.4, 0.5) is 19.0 Å². The lowest BCUT2D eigenvalue weighted by molar-refractivity contribution is -0.137. The van der Waals surface area contributed by atoms with Gasteiger partial charge in [0.15, 0.2) is 0 Å². The first kappa shape index (κ1) is 19.5. The zero-order chi connectivity index (χ0) is 20.6. The second kappa shape index (κ2) is 7.55. The maximum Gasteiger partial charge on any atom is 0.417 e. The molecule has 1 fully saturated rings. The molecule has 9 heteroatoms. The summed E-state index contributed by atoms with van der Waals surface area (Å²) >= 11 is 0. The summed E-state index contributed by atoms with van der Waals surface area (Å²) < 4.78 is 38.3. The highest BCUT2D eigenvalue weighted by Gasteiger charge is 2.31. The molecule has 0 aliphatic carbocycles. The van der Waals surface area contributed by atoms with Crippen molar-refractivity contribution < 1.29 is 13.2 Å². The molecule has 0 radical (unpaired) electrons. The molecule has 154 valence electrons. The molecule has 4 heterocycles. The van der Waals surface area contributed by atoms with E-state index in [0.29, 0.717) is 12.4 Å². The van der Waals surface area contributed by atoms with E-state index in [4.69, 9.17) is 0 Å². The van der Waals surface area contributed by atoms with Gasteiger partial charge in [-0.15, -0.1) is 0 Å². The van der Waals surface area contributed by atoms with Gasteiger partial charge in [-0.3, -0.25) is 10.00 Å². The number of halogens is 3. The molecule has 4 rings (SSSR count). The predicted molar refractivity (Wildman–Crippen MR) is 104 cm³/mol. The van der Waals surface area contributed by atoms with E-state index in [2.05, 4.69) is 36.9 Å². The first-order valence-corrected chi connectivity index (χ1v) is 9.52. The average Bonchev–Trinajstić information content (AvgIpc) is 3.30. The van der Waals surface area contributed by atoms with Gasteiger partial charge >= 0.3 is 6.18 Å². The molecular weight excluding hydrogens is 381 g/mol. The standard InChI is InChI=1S/C20H23F3N6/c1-13-3-5-17(26-13)19-15(9-25-27-19)12-28-7-8-29(14(2)11-28)18-6-4-16(10-24-18)20(21,22)23/h3-6,9-10,14,26H,7-8,11-12H2,1-2H3,(H,25,27)/t14-/m1/s1. The van der Waals surface area contributed by atoms with Gasteiger partial charge in [0.25, 0.3) is 0 Å². The molecule has 1 aliphatic heterocycles. The fourth-order valence-corrected chi connectivity index (χ4v) is 3.80. The Labute approximate surface area is 166 Å². The van der Waals surface area contributed by atoms with Gasteiger partial charge in [0.1, 0.15) is 5.82 Å². The smallest absolute Gasteiger partial charge is 0.357 e. The molecule has 0 aromatic carbocycles. The van der Waals surface area contributed by atoms with Crippen molar-refractivity contribution in [3.05, 3.63) is 53.5 Å². The Bertz CT molecular complexity index is 959. The third-order valence-electron chi connectivity index (χ3n) is 5.29. The summed E-state index contributed by atoms with van der Waals surface area (Å²) in [5, 5.41) is 7.27. The van der Waals surface area contributed by atoms with Gasteiger partial charge in [0, 0.05) is 49.7 Å². The lowest BCUT2D eigenvalue weighted by atomic mass is 10.1. The number of rotatable bonds is 4. The van der Waals surface area contributed by atoms with Crippen molar-refractivity contribution in [2.45, 2.75) is 32.6 Å². The summed E-state index contributed by atoms with van der Waals surface area (Å²) in [6.45, 7) is 7.11. The lowest BCUT2D eigenvalue weighted by Crippen LogP contribution is -2.51. The zero-order valence-electron chi connectivity index (χ0n) is 16.3. The van der Waals surface area contributed by atoms with E-state index >= 15 is 0 Å². The fourth-order valence-electron chi connectivity index (χ4n) is 3.80. The second-order valence-corrected chi connectivity index (χ2v) is 7.51. The largest absolute Gasteiger partial charge is 0.417 e. The highest BCUT2D eigenvalue weighted by atomic mass is 19.4. The molecular formula is C20H23F3N6. The Morgan fingerprint density at radius 1 is 1.14 bits per heavy atom. The predicted octanol–water partition coefficient (Wildman–Crippen LogP) is 3.84. The summed E-state index contributed by atoms with van der Waals surface area (Å²) in [5.74, 6) is 0.580. The molecule has 1 saturated heterocycles. The lowest BCUT2D eigenvalue weighted by Gasteiger charge is -2.40. The van der Waals surface area contributed by atoms with Crippen LogP contribution in [0, 0.1) is 6.92 Å². The maximum absolute atomic E-state index is 12.8. The van der Waals surface area contributed by atoms with E-state index in [1.807, 2.05) is 25.3 Å². The van der Waals surface area contributed by atoms with Crippen LogP contribution in [-0.4, -0.2) is 50.7 Å². The molecule has 0 amide bonds. The van der Waals surface area contributed by atoms with Crippen molar-refractivity contribution in [3.8, 4) is 11.4 Å². The molecule has 6 nitrogen and oxygen atoms in total.